The number of thioether (sulfide) groups is 2. The zero-order valence-corrected chi connectivity index (χ0v) is 51.2. The Morgan fingerprint density at radius 3 is 1.52 bits per heavy atom. The number of benzene rings is 2. The van der Waals surface area contributed by atoms with Gasteiger partial charge in [0.15, 0.2) is 5.78 Å². The number of amides is 11. The SMILES string of the molecule is NCCOCCOCCCC(=O)CCCCC1SCC2NC(=O)NC21.O=C(CCCCC1SCC2NC(=O)NC21)NCCOCCOCCCC(=O)c1cc(N2C(=O)C=CC2=O)ccc1F.O=C(ON1C(=O)CCC1=O)c1cc(N2C(=O)C=CC2=O)ccc1F. The molecule has 7 aliphatic rings. The largest absolute Gasteiger partial charge is 0.379 e. The van der Waals surface area contributed by atoms with Crippen LogP contribution in [0.4, 0.5) is 29.7 Å². The van der Waals surface area contributed by atoms with Gasteiger partial charge in [-0.25, -0.2) is 33.0 Å². The Bertz CT molecular complexity index is 2980. The number of hydrogen-bond acceptors (Lipinski definition) is 20. The van der Waals surface area contributed by atoms with Gasteiger partial charge in [-0.15, -0.1) is 5.06 Å². The first kappa shape index (κ1) is 70.0. The first-order chi connectivity index (χ1) is 43.4. The molecule has 0 aliphatic carbocycles. The fraction of sp³-hybridized carbons (Fsp3) is 0.533. The van der Waals surface area contributed by atoms with Gasteiger partial charge < -0.3 is 56.1 Å². The molecule has 2 aromatic carbocycles. The predicted octanol–water partition coefficient (Wildman–Crippen LogP) is 3.62. The second-order valence-electron chi connectivity index (χ2n) is 21.5. The van der Waals surface area contributed by atoms with E-state index in [0.717, 1.165) is 115 Å². The molecule has 7 aliphatic heterocycles. The highest BCUT2D eigenvalue weighted by Gasteiger charge is 2.44. The number of hydroxylamine groups is 2. The lowest BCUT2D eigenvalue weighted by Crippen LogP contribution is -2.36. The predicted molar refractivity (Wildman–Crippen MR) is 324 cm³/mol. The third-order valence-corrected chi connectivity index (χ3v) is 18.0. The highest BCUT2D eigenvalue weighted by Crippen LogP contribution is 2.35. The van der Waals surface area contributed by atoms with Crippen molar-refractivity contribution >= 4 is 106 Å². The fourth-order valence-corrected chi connectivity index (χ4v) is 13.5. The van der Waals surface area contributed by atoms with Crippen molar-refractivity contribution in [2.75, 3.05) is 87.3 Å². The molecule has 5 saturated heterocycles. The number of ketones is 2. The maximum absolute atomic E-state index is 14.2. The maximum atomic E-state index is 14.2. The lowest BCUT2D eigenvalue weighted by Gasteiger charge is -2.16. The molecule has 7 N–H and O–H groups in total. The number of anilines is 2. The van der Waals surface area contributed by atoms with Crippen molar-refractivity contribution in [1.82, 2.24) is 31.6 Å². The van der Waals surface area contributed by atoms with Crippen LogP contribution in [0.15, 0.2) is 60.7 Å². The molecule has 488 valence electrons. The molecule has 0 aromatic heterocycles. The number of nitrogens with one attached hydrogen (secondary N) is 5. The van der Waals surface area contributed by atoms with E-state index >= 15 is 0 Å². The van der Waals surface area contributed by atoms with Crippen LogP contribution in [0.2, 0.25) is 0 Å². The number of carbonyl (C=O) groups excluding carboxylic acids is 12. The van der Waals surface area contributed by atoms with Gasteiger partial charge in [0.05, 0.1) is 86.3 Å². The third kappa shape index (κ3) is 20.8. The number of nitrogens with zero attached hydrogens (tertiary/aromatic N) is 3. The second-order valence-corrected chi connectivity index (χ2v) is 24.0. The number of urea groups is 2. The third-order valence-electron chi connectivity index (χ3n) is 15.0. The highest BCUT2D eigenvalue weighted by molar-refractivity contribution is 8.00. The molecule has 2 aromatic rings. The molecule has 6 unspecified atom stereocenters. The summed E-state index contributed by atoms with van der Waals surface area (Å²) in [4.78, 5) is 147. The summed E-state index contributed by atoms with van der Waals surface area (Å²) in [5.74, 6) is -5.00. The summed E-state index contributed by atoms with van der Waals surface area (Å²) in [7, 11) is 0. The van der Waals surface area contributed by atoms with Crippen molar-refractivity contribution < 1.29 is 90.1 Å². The Hall–Kier alpha value is -7.48. The number of Topliss-reactive ketones (excluding diaryl/α,β-unsaturated/α-hetero) is 2. The molecule has 90 heavy (non-hydrogen) atoms. The zero-order valence-electron chi connectivity index (χ0n) is 49.6. The quantitative estimate of drug-likeness (QED) is 0.0252. The van der Waals surface area contributed by atoms with Crippen molar-refractivity contribution in [3.05, 3.63) is 83.5 Å². The minimum Gasteiger partial charge on any atom is -0.379 e. The van der Waals surface area contributed by atoms with Crippen LogP contribution < -0.4 is 42.1 Å². The van der Waals surface area contributed by atoms with Crippen LogP contribution in [-0.2, 0) is 62.1 Å². The van der Waals surface area contributed by atoms with E-state index < -0.39 is 64.4 Å². The number of ether oxygens (including phenoxy) is 4. The van der Waals surface area contributed by atoms with E-state index in [2.05, 4.69) is 31.4 Å². The van der Waals surface area contributed by atoms with Crippen molar-refractivity contribution in [2.24, 2.45) is 5.73 Å². The summed E-state index contributed by atoms with van der Waals surface area (Å²) < 4.78 is 49.6. The second kappa shape index (κ2) is 35.8. The normalized spacial score (nSPS) is 21.2. The summed E-state index contributed by atoms with van der Waals surface area (Å²) in [6.07, 6.45) is 12.7. The molecule has 30 heteroatoms. The minimum atomic E-state index is -1.29. The van der Waals surface area contributed by atoms with E-state index in [-0.39, 0.29) is 90.0 Å². The molecule has 0 spiro atoms. The molecule has 11 amide bonds. The summed E-state index contributed by atoms with van der Waals surface area (Å²) in [5, 5.41) is 15.9. The van der Waals surface area contributed by atoms with E-state index in [1.807, 2.05) is 23.5 Å². The fourth-order valence-electron chi connectivity index (χ4n) is 10.4. The lowest BCUT2D eigenvalue weighted by molar-refractivity contribution is -0.172. The minimum absolute atomic E-state index is 0.0143. The monoisotopic (exact) mass is 1300 g/mol. The van der Waals surface area contributed by atoms with E-state index in [4.69, 9.17) is 24.7 Å². The molecule has 7 heterocycles. The number of fused-ring (bicyclic) bond motifs is 2. The molecule has 0 radical (unpaired) electrons. The van der Waals surface area contributed by atoms with Crippen molar-refractivity contribution in [3.8, 4) is 0 Å². The van der Waals surface area contributed by atoms with Crippen LogP contribution in [0.25, 0.3) is 0 Å². The van der Waals surface area contributed by atoms with Gasteiger partial charge in [0.1, 0.15) is 17.4 Å². The van der Waals surface area contributed by atoms with Gasteiger partial charge in [0.2, 0.25) is 5.91 Å². The number of nitrogens with two attached hydrogens (primary N) is 1. The molecule has 6 atom stereocenters. The zero-order chi connectivity index (χ0) is 64.5. The Labute approximate surface area is 526 Å². The average molecular weight is 1300 g/mol. The van der Waals surface area contributed by atoms with Gasteiger partial charge >= 0.3 is 18.0 Å². The first-order valence-corrected chi connectivity index (χ1v) is 32.0. The Morgan fingerprint density at radius 1 is 0.544 bits per heavy atom. The van der Waals surface area contributed by atoms with E-state index in [9.17, 15) is 66.3 Å². The molecule has 5 fully saturated rings. The van der Waals surface area contributed by atoms with Crippen molar-refractivity contribution in [2.45, 2.75) is 125 Å². The Morgan fingerprint density at radius 2 is 1.00 bits per heavy atom. The number of hydrogen-bond donors (Lipinski definition) is 6. The van der Waals surface area contributed by atoms with Gasteiger partial charge in [-0.1, -0.05) is 12.8 Å². The topological polar surface area (TPSA) is 347 Å². The number of rotatable bonds is 34. The summed E-state index contributed by atoms with van der Waals surface area (Å²) in [6, 6.07) is 7.35. The van der Waals surface area contributed by atoms with Crippen LogP contribution >= 0.6 is 23.5 Å². The van der Waals surface area contributed by atoms with Crippen molar-refractivity contribution in [3.63, 3.8) is 0 Å². The lowest BCUT2D eigenvalue weighted by atomic mass is 10.0. The average Bonchev–Trinajstić information content (AvgIpc) is 2.73. The molecular formula is C60H75F2N9O17S2. The van der Waals surface area contributed by atoms with E-state index in [1.165, 1.54) is 12.1 Å². The smallest absolute Gasteiger partial charge is 0.366 e. The van der Waals surface area contributed by atoms with Crippen molar-refractivity contribution in [1.29, 1.82) is 0 Å². The van der Waals surface area contributed by atoms with E-state index in [0.29, 0.717) is 101 Å². The number of carbonyl (C=O) groups is 12. The molecule has 0 bridgehead atoms. The van der Waals surface area contributed by atoms with Gasteiger partial charge in [-0.3, -0.25) is 43.2 Å². The van der Waals surface area contributed by atoms with E-state index in [1.54, 1.807) is 0 Å². The van der Waals surface area contributed by atoms with Gasteiger partial charge in [0.25, 0.3) is 35.4 Å². The maximum Gasteiger partial charge on any atom is 0.366 e. The number of halogens is 2. The number of unbranched alkanes of at least 4 members (excludes halogenated alkanes) is 2. The standard InChI is InChI=1S/C28H35FN4O7S.C17H31N3O4S.C15H9FN2O6/c29-20-8-7-18(33-25(36)9-10-26(33)37)16-19(20)22(34)4-3-12-39-14-15-40-13-11-30-24(35)6-2-1-5-23-27-21(17-41-23)31-28(38)32-27;18-7-9-24-11-10-23-8-3-5-13(21)4-1-2-6-15-16-14(12-25-15)19-17(22)20-16;16-10-2-1-8(17-11(19)3-4-12(17)20)7-9(10)15(23)24-18-13(21)5-6-14(18)22/h7-10,16,21,23,27H,1-6,11-15,17H2,(H,30,35)(H2,31,32,38);14-16H,1-12,18H2,(H2,19,20,22);1-4,7H,5-6H2. The number of imide groups is 3. The van der Waals surface area contributed by atoms with Gasteiger partial charge in [-0.05, 0) is 74.9 Å². The van der Waals surface area contributed by atoms with Crippen LogP contribution in [0.3, 0.4) is 0 Å². The molecule has 0 saturated carbocycles. The van der Waals surface area contributed by atoms with Gasteiger partial charge in [0, 0.05) is 111 Å². The Balaban J connectivity index is 0.000000203. The summed E-state index contributed by atoms with van der Waals surface area (Å²) in [6.45, 7) is 4.50. The highest BCUT2D eigenvalue weighted by atomic mass is 32.2. The summed E-state index contributed by atoms with van der Waals surface area (Å²) in [5.41, 5.74) is 4.63. The van der Waals surface area contributed by atoms with Crippen LogP contribution in [0.1, 0.15) is 111 Å². The Kier molecular flexibility index (Phi) is 27.8. The van der Waals surface area contributed by atoms with Crippen LogP contribution in [0.5, 0.6) is 0 Å². The molecular weight excluding hydrogens is 1220 g/mol. The first-order valence-electron chi connectivity index (χ1n) is 29.9. The molecule has 9 rings (SSSR count). The molecule has 26 nitrogen and oxygen atoms in total. The van der Waals surface area contributed by atoms with Gasteiger partial charge in [-0.2, -0.15) is 23.5 Å². The van der Waals surface area contributed by atoms with Crippen LogP contribution in [0, 0.1) is 11.6 Å². The van der Waals surface area contributed by atoms with Crippen LogP contribution in [-0.4, -0.2) is 188 Å². The summed E-state index contributed by atoms with van der Waals surface area (Å²) >= 11 is 3.80.